The molecular weight excluding hydrogens is 242 g/mol. The first kappa shape index (κ1) is 12.3. The SMILES string of the molecule is Cc1cccc(NC[C@@H]2CC3(CC3)CN2C(=O)O)n1. The molecule has 1 spiro atoms. The highest BCUT2D eigenvalue weighted by Crippen LogP contribution is 2.54. The number of nitrogens with zero attached hydrogens (tertiary/aromatic N) is 2. The minimum absolute atomic E-state index is 0.0716. The monoisotopic (exact) mass is 261 g/mol. The lowest BCUT2D eigenvalue weighted by Gasteiger charge is -2.21. The number of nitrogens with one attached hydrogen (secondary N) is 1. The summed E-state index contributed by atoms with van der Waals surface area (Å²) in [6.07, 6.45) is 2.54. The van der Waals surface area contributed by atoms with Crippen LogP contribution in [0.15, 0.2) is 18.2 Å². The lowest BCUT2D eigenvalue weighted by molar-refractivity contribution is 0.140. The largest absolute Gasteiger partial charge is 0.465 e. The molecule has 1 saturated carbocycles. The Labute approximate surface area is 112 Å². The van der Waals surface area contributed by atoms with Gasteiger partial charge in [0.25, 0.3) is 0 Å². The highest BCUT2D eigenvalue weighted by atomic mass is 16.4. The molecule has 2 aliphatic rings. The van der Waals surface area contributed by atoms with Crippen LogP contribution >= 0.6 is 0 Å². The molecule has 1 atom stereocenters. The molecule has 2 heterocycles. The van der Waals surface area contributed by atoms with Gasteiger partial charge >= 0.3 is 6.09 Å². The zero-order valence-corrected chi connectivity index (χ0v) is 11.1. The molecule has 1 saturated heterocycles. The summed E-state index contributed by atoms with van der Waals surface area (Å²) >= 11 is 0. The Kier molecular flexibility index (Phi) is 2.84. The van der Waals surface area contributed by atoms with Gasteiger partial charge in [-0.05, 0) is 43.7 Å². The number of anilines is 1. The third-order valence-electron chi connectivity index (χ3n) is 4.23. The molecule has 19 heavy (non-hydrogen) atoms. The quantitative estimate of drug-likeness (QED) is 0.876. The Morgan fingerprint density at radius 3 is 3.00 bits per heavy atom. The van der Waals surface area contributed by atoms with Crippen LogP contribution < -0.4 is 5.32 Å². The second-order valence-corrected chi connectivity index (χ2v) is 5.81. The van der Waals surface area contributed by atoms with Crippen LogP contribution in [0, 0.1) is 12.3 Å². The normalized spacial score (nSPS) is 23.6. The van der Waals surface area contributed by atoms with Gasteiger partial charge in [0, 0.05) is 18.8 Å². The highest BCUT2D eigenvalue weighted by molar-refractivity contribution is 5.66. The van der Waals surface area contributed by atoms with Gasteiger partial charge in [0.05, 0.1) is 6.04 Å². The van der Waals surface area contributed by atoms with Crippen LogP contribution in [-0.2, 0) is 0 Å². The Hall–Kier alpha value is -1.78. The molecule has 0 bridgehead atoms. The Balaban J connectivity index is 1.64. The molecule has 2 N–H and O–H groups in total. The van der Waals surface area contributed by atoms with Crippen molar-refractivity contribution in [2.75, 3.05) is 18.4 Å². The minimum atomic E-state index is -0.798. The second-order valence-electron chi connectivity index (χ2n) is 5.81. The number of pyridine rings is 1. The van der Waals surface area contributed by atoms with Crippen molar-refractivity contribution in [1.82, 2.24) is 9.88 Å². The van der Waals surface area contributed by atoms with Crippen LogP contribution in [0.3, 0.4) is 0 Å². The average molecular weight is 261 g/mol. The molecule has 1 amide bonds. The van der Waals surface area contributed by atoms with Gasteiger partial charge in [-0.2, -0.15) is 0 Å². The number of carboxylic acid groups (broad SMARTS) is 1. The topological polar surface area (TPSA) is 65.5 Å². The number of rotatable bonds is 3. The first-order chi connectivity index (χ1) is 9.08. The lowest BCUT2D eigenvalue weighted by atomic mass is 10.0. The summed E-state index contributed by atoms with van der Waals surface area (Å²) in [6, 6.07) is 5.89. The van der Waals surface area contributed by atoms with Crippen molar-refractivity contribution in [3.63, 3.8) is 0 Å². The summed E-state index contributed by atoms with van der Waals surface area (Å²) < 4.78 is 0. The van der Waals surface area contributed by atoms with Gasteiger partial charge in [-0.25, -0.2) is 9.78 Å². The van der Waals surface area contributed by atoms with E-state index in [4.69, 9.17) is 0 Å². The van der Waals surface area contributed by atoms with Gasteiger partial charge in [-0.15, -0.1) is 0 Å². The fourth-order valence-electron chi connectivity index (χ4n) is 2.97. The maximum absolute atomic E-state index is 11.3. The summed E-state index contributed by atoms with van der Waals surface area (Å²) in [5.74, 6) is 0.821. The number of amides is 1. The number of hydrogen-bond acceptors (Lipinski definition) is 3. The average Bonchev–Trinajstić information content (AvgIpc) is 2.99. The lowest BCUT2D eigenvalue weighted by Crippen LogP contribution is -2.38. The standard InChI is InChI=1S/C14H19N3O2/c1-10-3-2-4-12(16-10)15-8-11-7-14(5-6-14)9-17(11)13(18)19/h2-4,11H,5-9H2,1H3,(H,15,16)(H,18,19)/t11-/m0/s1. The maximum Gasteiger partial charge on any atom is 0.407 e. The predicted molar refractivity (Wildman–Crippen MR) is 72.3 cm³/mol. The summed E-state index contributed by atoms with van der Waals surface area (Å²) in [5, 5.41) is 12.5. The van der Waals surface area contributed by atoms with Gasteiger partial charge < -0.3 is 15.3 Å². The van der Waals surface area contributed by atoms with Gasteiger partial charge in [-0.1, -0.05) is 6.07 Å². The van der Waals surface area contributed by atoms with E-state index in [-0.39, 0.29) is 6.04 Å². The molecule has 5 heteroatoms. The van der Waals surface area contributed by atoms with Crippen molar-refractivity contribution in [2.45, 2.75) is 32.2 Å². The van der Waals surface area contributed by atoms with Crippen molar-refractivity contribution in [3.05, 3.63) is 23.9 Å². The number of aromatic nitrogens is 1. The zero-order valence-electron chi connectivity index (χ0n) is 11.1. The van der Waals surface area contributed by atoms with Crippen molar-refractivity contribution in [3.8, 4) is 0 Å². The summed E-state index contributed by atoms with van der Waals surface area (Å²) in [6.45, 7) is 3.30. The van der Waals surface area contributed by atoms with Crippen molar-refractivity contribution < 1.29 is 9.90 Å². The van der Waals surface area contributed by atoms with Crippen molar-refractivity contribution in [2.24, 2.45) is 5.41 Å². The Bertz CT molecular complexity index is 499. The number of likely N-dealkylation sites (tertiary alicyclic amines) is 1. The van der Waals surface area contributed by atoms with Crippen LogP contribution in [-0.4, -0.2) is 40.2 Å². The molecule has 0 aromatic carbocycles. The molecular formula is C14H19N3O2. The summed E-state index contributed by atoms with van der Waals surface area (Å²) in [4.78, 5) is 17.2. The molecule has 2 fully saturated rings. The van der Waals surface area contributed by atoms with E-state index >= 15 is 0 Å². The zero-order chi connectivity index (χ0) is 13.5. The van der Waals surface area contributed by atoms with Crippen LogP contribution in [0.25, 0.3) is 0 Å². The van der Waals surface area contributed by atoms with Gasteiger partial charge in [0.2, 0.25) is 0 Å². The second kappa shape index (κ2) is 4.40. The molecule has 1 aliphatic heterocycles. The molecule has 0 radical (unpaired) electrons. The predicted octanol–water partition coefficient (Wildman–Crippen LogP) is 2.33. The van der Waals surface area contributed by atoms with Crippen molar-refractivity contribution in [1.29, 1.82) is 0 Å². The summed E-state index contributed by atoms with van der Waals surface area (Å²) in [7, 11) is 0. The van der Waals surface area contributed by atoms with Crippen LogP contribution in [0.4, 0.5) is 10.6 Å². The van der Waals surface area contributed by atoms with E-state index in [2.05, 4.69) is 10.3 Å². The number of hydrogen-bond donors (Lipinski definition) is 2. The maximum atomic E-state index is 11.3. The number of carbonyl (C=O) groups is 1. The van der Waals surface area contributed by atoms with E-state index in [1.165, 1.54) is 12.8 Å². The van der Waals surface area contributed by atoms with E-state index in [0.29, 0.717) is 18.5 Å². The third kappa shape index (κ3) is 2.50. The van der Waals surface area contributed by atoms with E-state index < -0.39 is 6.09 Å². The van der Waals surface area contributed by atoms with E-state index in [1.807, 2.05) is 25.1 Å². The van der Waals surface area contributed by atoms with Crippen LogP contribution in [0.1, 0.15) is 25.0 Å². The molecule has 1 aromatic rings. The fraction of sp³-hybridized carbons (Fsp3) is 0.571. The van der Waals surface area contributed by atoms with E-state index in [1.54, 1.807) is 4.90 Å². The summed E-state index contributed by atoms with van der Waals surface area (Å²) in [5.41, 5.74) is 1.26. The third-order valence-corrected chi connectivity index (χ3v) is 4.23. The molecule has 1 aliphatic carbocycles. The van der Waals surface area contributed by atoms with Crippen molar-refractivity contribution >= 4 is 11.9 Å². The smallest absolute Gasteiger partial charge is 0.407 e. The molecule has 5 nitrogen and oxygen atoms in total. The Morgan fingerprint density at radius 1 is 1.58 bits per heavy atom. The molecule has 0 unspecified atom stereocenters. The molecule has 1 aromatic heterocycles. The highest BCUT2D eigenvalue weighted by Gasteiger charge is 2.53. The first-order valence-corrected chi connectivity index (χ1v) is 6.75. The van der Waals surface area contributed by atoms with E-state index in [9.17, 15) is 9.90 Å². The van der Waals surface area contributed by atoms with Gasteiger partial charge in [0.1, 0.15) is 5.82 Å². The van der Waals surface area contributed by atoms with Gasteiger partial charge in [0.15, 0.2) is 0 Å². The fourth-order valence-corrected chi connectivity index (χ4v) is 2.97. The van der Waals surface area contributed by atoms with Crippen LogP contribution in [0.5, 0.6) is 0 Å². The van der Waals surface area contributed by atoms with E-state index in [0.717, 1.165) is 17.9 Å². The first-order valence-electron chi connectivity index (χ1n) is 6.75. The molecule has 3 rings (SSSR count). The minimum Gasteiger partial charge on any atom is -0.465 e. The Morgan fingerprint density at radius 2 is 2.37 bits per heavy atom. The van der Waals surface area contributed by atoms with Gasteiger partial charge in [-0.3, -0.25) is 0 Å². The van der Waals surface area contributed by atoms with Crippen LogP contribution in [0.2, 0.25) is 0 Å². The number of aryl methyl sites for hydroxylation is 1. The molecule has 102 valence electrons.